The Morgan fingerprint density at radius 3 is 1.84 bits per heavy atom. The number of hydrogen-bond donors (Lipinski definition) is 0. The number of hydrogen-bond acceptors (Lipinski definition) is 1. The number of halogens is 5. The van der Waals surface area contributed by atoms with Crippen LogP contribution in [0.25, 0.3) is 0 Å². The molecular weight excluding hydrogens is 267 g/mol. The van der Waals surface area contributed by atoms with E-state index in [1.165, 1.54) is 19.3 Å². The first kappa shape index (κ1) is 18.6. The second-order valence-electron chi connectivity index (χ2n) is 4.69. The van der Waals surface area contributed by atoms with Crippen molar-refractivity contribution in [3.63, 3.8) is 0 Å². The molecule has 0 aromatic carbocycles. The summed E-state index contributed by atoms with van der Waals surface area (Å²) in [4.78, 5) is 0. The van der Waals surface area contributed by atoms with Gasteiger partial charge in [-0.2, -0.15) is 22.0 Å². The van der Waals surface area contributed by atoms with E-state index in [4.69, 9.17) is 4.74 Å². The van der Waals surface area contributed by atoms with E-state index in [1.54, 1.807) is 0 Å². The highest BCUT2D eigenvalue weighted by atomic mass is 19.4. The maximum Gasteiger partial charge on any atom is 0.453 e. The Morgan fingerprint density at radius 1 is 0.737 bits per heavy atom. The molecule has 0 saturated heterocycles. The summed E-state index contributed by atoms with van der Waals surface area (Å²) in [5.74, 6) is -4.60. The second-order valence-corrected chi connectivity index (χ2v) is 4.69. The lowest BCUT2D eigenvalue weighted by Gasteiger charge is -2.19. The standard InChI is InChI=1S/C13H23F5O/c1-2-3-4-5-6-7-10-19-11-8-9-12(14,15)13(16,17)18/h2-11H2,1H3. The van der Waals surface area contributed by atoms with Crippen molar-refractivity contribution >= 4 is 0 Å². The molecule has 0 aliphatic rings. The van der Waals surface area contributed by atoms with Gasteiger partial charge in [-0.3, -0.25) is 0 Å². The van der Waals surface area contributed by atoms with Gasteiger partial charge in [-0.1, -0.05) is 39.0 Å². The lowest BCUT2D eigenvalue weighted by molar-refractivity contribution is -0.285. The summed E-state index contributed by atoms with van der Waals surface area (Å²) in [6, 6.07) is 0. The van der Waals surface area contributed by atoms with E-state index in [0.29, 0.717) is 6.61 Å². The summed E-state index contributed by atoms with van der Waals surface area (Å²) < 4.78 is 65.5. The van der Waals surface area contributed by atoms with Gasteiger partial charge in [-0.05, 0) is 12.8 Å². The summed E-state index contributed by atoms with van der Waals surface area (Å²) in [5, 5.41) is 0. The van der Waals surface area contributed by atoms with Crippen LogP contribution in [-0.4, -0.2) is 25.3 Å². The highest BCUT2D eigenvalue weighted by molar-refractivity contribution is 4.75. The normalized spacial score (nSPS) is 12.9. The number of rotatable bonds is 11. The first-order valence-electron chi connectivity index (χ1n) is 6.83. The van der Waals surface area contributed by atoms with Crippen LogP contribution in [0, 0.1) is 0 Å². The fourth-order valence-electron chi connectivity index (χ4n) is 1.62. The molecule has 0 atom stereocenters. The van der Waals surface area contributed by atoms with Crippen LogP contribution < -0.4 is 0 Å². The average Bonchev–Trinajstić information content (AvgIpc) is 2.30. The van der Waals surface area contributed by atoms with Crippen molar-refractivity contribution in [1.29, 1.82) is 0 Å². The van der Waals surface area contributed by atoms with Crippen LogP contribution in [0.2, 0.25) is 0 Å². The van der Waals surface area contributed by atoms with Crippen molar-refractivity contribution in [3.8, 4) is 0 Å². The van der Waals surface area contributed by atoms with E-state index in [-0.39, 0.29) is 13.0 Å². The maximum absolute atomic E-state index is 12.5. The molecule has 0 amide bonds. The summed E-state index contributed by atoms with van der Waals surface area (Å²) >= 11 is 0. The Labute approximate surface area is 111 Å². The Hall–Kier alpha value is -0.390. The van der Waals surface area contributed by atoms with Gasteiger partial charge in [0.1, 0.15) is 0 Å². The summed E-state index contributed by atoms with van der Waals surface area (Å²) in [7, 11) is 0. The van der Waals surface area contributed by atoms with E-state index >= 15 is 0 Å². The van der Waals surface area contributed by atoms with E-state index in [2.05, 4.69) is 6.92 Å². The Kier molecular flexibility index (Phi) is 9.31. The quantitative estimate of drug-likeness (QED) is 0.368. The molecule has 0 spiro atoms. The summed E-state index contributed by atoms with van der Waals surface area (Å²) in [6.45, 7) is 2.52. The fraction of sp³-hybridized carbons (Fsp3) is 1.00. The Balaban J connectivity index is 3.37. The molecule has 0 rings (SSSR count). The molecule has 19 heavy (non-hydrogen) atoms. The summed E-state index contributed by atoms with van der Waals surface area (Å²) in [6.07, 6.45) is -0.422. The van der Waals surface area contributed by atoms with Crippen LogP contribution in [0.5, 0.6) is 0 Å². The van der Waals surface area contributed by atoms with E-state index in [0.717, 1.165) is 19.3 Å². The molecule has 0 aromatic rings. The first-order chi connectivity index (χ1) is 8.81. The molecule has 6 heteroatoms. The highest BCUT2D eigenvalue weighted by Crippen LogP contribution is 2.38. The monoisotopic (exact) mass is 290 g/mol. The van der Waals surface area contributed by atoms with Gasteiger partial charge in [0, 0.05) is 19.6 Å². The largest absolute Gasteiger partial charge is 0.453 e. The molecule has 0 radical (unpaired) electrons. The average molecular weight is 290 g/mol. The minimum Gasteiger partial charge on any atom is -0.381 e. The van der Waals surface area contributed by atoms with Crippen LogP contribution >= 0.6 is 0 Å². The molecule has 0 saturated carbocycles. The molecule has 0 bridgehead atoms. The number of ether oxygens (including phenoxy) is 1. The van der Waals surface area contributed by atoms with Gasteiger partial charge in [0.25, 0.3) is 0 Å². The molecule has 116 valence electrons. The molecule has 0 N–H and O–H groups in total. The maximum atomic E-state index is 12.5. The predicted octanol–water partition coefficient (Wildman–Crippen LogP) is 5.34. The zero-order chi connectivity index (χ0) is 14.8. The predicted molar refractivity (Wildman–Crippen MR) is 64.4 cm³/mol. The zero-order valence-electron chi connectivity index (χ0n) is 11.4. The molecule has 0 heterocycles. The van der Waals surface area contributed by atoms with E-state index < -0.39 is 18.5 Å². The third-order valence-electron chi connectivity index (χ3n) is 2.84. The van der Waals surface area contributed by atoms with Crippen LogP contribution in [0.1, 0.15) is 58.3 Å². The van der Waals surface area contributed by atoms with E-state index in [1.807, 2.05) is 0 Å². The van der Waals surface area contributed by atoms with Crippen molar-refractivity contribution in [1.82, 2.24) is 0 Å². The molecule has 0 aromatic heterocycles. The number of alkyl halides is 5. The molecule has 0 aliphatic carbocycles. The van der Waals surface area contributed by atoms with Crippen LogP contribution in [0.3, 0.4) is 0 Å². The van der Waals surface area contributed by atoms with Crippen LogP contribution in [0.4, 0.5) is 22.0 Å². The van der Waals surface area contributed by atoms with Gasteiger partial charge in [0.2, 0.25) is 0 Å². The SMILES string of the molecule is CCCCCCCCOCCCC(F)(F)C(F)(F)F. The van der Waals surface area contributed by atoms with Gasteiger partial charge in [-0.15, -0.1) is 0 Å². The molecule has 1 nitrogen and oxygen atoms in total. The second kappa shape index (κ2) is 9.50. The van der Waals surface area contributed by atoms with Crippen molar-refractivity contribution in [2.24, 2.45) is 0 Å². The molecule has 0 aliphatic heterocycles. The minimum atomic E-state index is -5.45. The zero-order valence-corrected chi connectivity index (χ0v) is 11.4. The smallest absolute Gasteiger partial charge is 0.381 e. The van der Waals surface area contributed by atoms with Gasteiger partial charge in [-0.25, -0.2) is 0 Å². The van der Waals surface area contributed by atoms with Gasteiger partial charge in [0.05, 0.1) is 0 Å². The van der Waals surface area contributed by atoms with Crippen molar-refractivity contribution in [2.75, 3.05) is 13.2 Å². The Bertz CT molecular complexity index is 216. The molecular formula is C13H23F5O. The minimum absolute atomic E-state index is 0.0410. The van der Waals surface area contributed by atoms with Gasteiger partial charge >= 0.3 is 12.1 Å². The lowest BCUT2D eigenvalue weighted by Crippen LogP contribution is -2.36. The first-order valence-corrected chi connectivity index (χ1v) is 6.83. The third-order valence-corrected chi connectivity index (χ3v) is 2.84. The molecule has 0 unspecified atom stereocenters. The van der Waals surface area contributed by atoms with Crippen LogP contribution in [-0.2, 0) is 4.74 Å². The fourth-order valence-corrected chi connectivity index (χ4v) is 1.62. The lowest BCUT2D eigenvalue weighted by atomic mass is 10.1. The van der Waals surface area contributed by atoms with Gasteiger partial charge in [0.15, 0.2) is 0 Å². The van der Waals surface area contributed by atoms with Crippen molar-refractivity contribution in [3.05, 3.63) is 0 Å². The summed E-state index contributed by atoms with van der Waals surface area (Å²) in [5.41, 5.74) is 0. The van der Waals surface area contributed by atoms with Gasteiger partial charge < -0.3 is 4.74 Å². The third kappa shape index (κ3) is 9.19. The van der Waals surface area contributed by atoms with E-state index in [9.17, 15) is 22.0 Å². The number of unbranched alkanes of at least 4 members (excludes halogenated alkanes) is 5. The van der Waals surface area contributed by atoms with Crippen LogP contribution in [0.15, 0.2) is 0 Å². The Morgan fingerprint density at radius 2 is 1.26 bits per heavy atom. The topological polar surface area (TPSA) is 9.23 Å². The van der Waals surface area contributed by atoms with Crippen molar-refractivity contribution < 1.29 is 26.7 Å². The van der Waals surface area contributed by atoms with Crippen molar-refractivity contribution in [2.45, 2.75) is 70.4 Å². The molecule has 0 fully saturated rings. The highest BCUT2D eigenvalue weighted by Gasteiger charge is 2.56.